The van der Waals surface area contributed by atoms with Crippen molar-refractivity contribution in [2.24, 2.45) is 0 Å². The lowest BCUT2D eigenvalue weighted by molar-refractivity contribution is 0.261. The van der Waals surface area contributed by atoms with E-state index >= 15 is 0 Å². The fourth-order valence-corrected chi connectivity index (χ4v) is 1.98. The Balaban J connectivity index is 2.00. The van der Waals surface area contributed by atoms with Crippen LogP contribution in [0.15, 0.2) is 27.4 Å². The summed E-state index contributed by atoms with van der Waals surface area (Å²) in [5.74, 6) is -0.418. The third-order valence-corrected chi connectivity index (χ3v) is 2.88. The van der Waals surface area contributed by atoms with Crippen LogP contribution in [-0.2, 0) is 6.54 Å². The molecule has 0 amide bonds. The minimum atomic E-state index is -0.418. The van der Waals surface area contributed by atoms with Crippen LogP contribution in [0, 0.1) is 0 Å². The van der Waals surface area contributed by atoms with Gasteiger partial charge in [0.15, 0.2) is 5.58 Å². The minimum absolute atomic E-state index is 0.246. The van der Waals surface area contributed by atoms with E-state index in [0.29, 0.717) is 5.58 Å². The van der Waals surface area contributed by atoms with Crippen LogP contribution >= 0.6 is 0 Å². The first-order chi connectivity index (χ1) is 8.69. The molecule has 0 bridgehead atoms. The monoisotopic (exact) mass is 250 g/mol. The first kappa shape index (κ1) is 12.9. The predicted molar refractivity (Wildman–Crippen MR) is 69.5 cm³/mol. The molecule has 0 atom stereocenters. The van der Waals surface area contributed by atoms with Crippen LogP contribution < -0.4 is 5.76 Å². The number of hydrogen-bond acceptors (Lipinski definition) is 4. The summed E-state index contributed by atoms with van der Waals surface area (Å²) in [6, 6.07) is 5.70. The van der Waals surface area contributed by atoms with Crippen LogP contribution in [-0.4, -0.2) is 35.2 Å². The maximum atomic E-state index is 11.0. The Labute approximate surface area is 105 Å². The summed E-state index contributed by atoms with van der Waals surface area (Å²) in [6.45, 7) is 2.01. The van der Waals surface area contributed by atoms with Gasteiger partial charge >= 0.3 is 5.76 Å². The molecule has 2 N–H and O–H groups in total. The van der Waals surface area contributed by atoms with E-state index in [-0.39, 0.29) is 6.61 Å². The Hall–Kier alpha value is -1.59. The molecule has 1 aromatic heterocycles. The number of aliphatic hydroxyl groups excluding tert-OH is 1. The highest BCUT2D eigenvalue weighted by Crippen LogP contribution is 2.13. The third kappa shape index (κ3) is 3.21. The van der Waals surface area contributed by atoms with E-state index < -0.39 is 5.76 Å². The number of aliphatic hydroxyl groups is 1. The molecule has 0 aliphatic carbocycles. The second-order valence-corrected chi connectivity index (χ2v) is 4.51. The Bertz CT molecular complexity index is 559. The number of oxazole rings is 1. The molecule has 0 saturated heterocycles. The Kier molecular flexibility index (Phi) is 4.17. The summed E-state index contributed by atoms with van der Waals surface area (Å²) in [6.07, 6.45) is 1.82. The van der Waals surface area contributed by atoms with Gasteiger partial charge in [-0.3, -0.25) is 4.98 Å². The molecule has 2 aromatic rings. The second kappa shape index (κ2) is 5.84. The van der Waals surface area contributed by atoms with Crippen molar-refractivity contribution in [3.05, 3.63) is 34.3 Å². The molecule has 5 heteroatoms. The van der Waals surface area contributed by atoms with Gasteiger partial charge in [0.2, 0.25) is 0 Å². The van der Waals surface area contributed by atoms with Crippen molar-refractivity contribution in [1.82, 2.24) is 9.88 Å². The van der Waals surface area contributed by atoms with Crippen LogP contribution in [0.5, 0.6) is 0 Å². The largest absolute Gasteiger partial charge is 0.417 e. The molecule has 98 valence electrons. The van der Waals surface area contributed by atoms with Gasteiger partial charge in [-0.15, -0.1) is 0 Å². The second-order valence-electron chi connectivity index (χ2n) is 4.51. The standard InChI is InChI=1S/C13H18N2O3/c1-15(6-2-3-7-16)9-10-4-5-12-11(8-10)14-13(17)18-12/h4-5,8,16H,2-3,6-7,9H2,1H3,(H,14,17). The minimum Gasteiger partial charge on any atom is -0.408 e. The van der Waals surface area contributed by atoms with Crippen molar-refractivity contribution < 1.29 is 9.52 Å². The van der Waals surface area contributed by atoms with Crippen molar-refractivity contribution in [3.63, 3.8) is 0 Å². The number of hydrogen-bond donors (Lipinski definition) is 2. The molecule has 0 radical (unpaired) electrons. The van der Waals surface area contributed by atoms with E-state index in [1.807, 2.05) is 25.2 Å². The molecule has 1 heterocycles. The summed E-state index contributed by atoms with van der Waals surface area (Å²) in [5.41, 5.74) is 2.46. The van der Waals surface area contributed by atoms with E-state index in [2.05, 4.69) is 9.88 Å². The summed E-state index contributed by atoms with van der Waals surface area (Å²) in [5, 5.41) is 8.73. The quantitative estimate of drug-likeness (QED) is 0.759. The third-order valence-electron chi connectivity index (χ3n) is 2.88. The van der Waals surface area contributed by atoms with Gasteiger partial charge in [-0.25, -0.2) is 4.79 Å². The topological polar surface area (TPSA) is 69.5 Å². The molecule has 5 nitrogen and oxygen atoms in total. The van der Waals surface area contributed by atoms with Gasteiger partial charge in [0, 0.05) is 13.2 Å². The van der Waals surface area contributed by atoms with Gasteiger partial charge in [0.1, 0.15) is 0 Å². The molecular weight excluding hydrogens is 232 g/mol. The molecule has 0 spiro atoms. The first-order valence-corrected chi connectivity index (χ1v) is 6.10. The number of unbranched alkanes of at least 4 members (excludes halogenated alkanes) is 1. The molecule has 0 fully saturated rings. The summed E-state index contributed by atoms with van der Waals surface area (Å²) in [7, 11) is 2.04. The van der Waals surface area contributed by atoms with Crippen LogP contribution in [0.4, 0.5) is 0 Å². The van der Waals surface area contributed by atoms with E-state index in [1.165, 1.54) is 0 Å². The molecule has 1 aromatic carbocycles. The number of nitrogens with one attached hydrogen (secondary N) is 1. The first-order valence-electron chi connectivity index (χ1n) is 6.10. The van der Waals surface area contributed by atoms with Crippen molar-refractivity contribution >= 4 is 11.1 Å². The number of nitrogens with zero attached hydrogens (tertiary/aromatic N) is 1. The molecular formula is C13H18N2O3. The SMILES string of the molecule is CN(CCCCO)Cc1ccc2oc(=O)[nH]c2c1. The number of benzene rings is 1. The van der Waals surface area contributed by atoms with Gasteiger partial charge in [0.25, 0.3) is 0 Å². The fraction of sp³-hybridized carbons (Fsp3) is 0.462. The number of rotatable bonds is 6. The number of aromatic nitrogens is 1. The van der Waals surface area contributed by atoms with Crippen molar-refractivity contribution in [1.29, 1.82) is 0 Å². The van der Waals surface area contributed by atoms with Crippen molar-refractivity contribution in [2.45, 2.75) is 19.4 Å². The molecule has 0 saturated carbocycles. The van der Waals surface area contributed by atoms with Crippen LogP contribution in [0.25, 0.3) is 11.1 Å². The number of H-pyrrole nitrogens is 1. The number of fused-ring (bicyclic) bond motifs is 1. The summed E-state index contributed by atoms with van der Waals surface area (Å²) in [4.78, 5) is 15.9. The maximum Gasteiger partial charge on any atom is 0.417 e. The van der Waals surface area contributed by atoms with Crippen molar-refractivity contribution in [2.75, 3.05) is 20.2 Å². The number of aromatic amines is 1. The maximum absolute atomic E-state index is 11.0. The van der Waals surface area contributed by atoms with Gasteiger partial charge in [0.05, 0.1) is 5.52 Å². The predicted octanol–water partition coefficient (Wildman–Crippen LogP) is 1.33. The fourth-order valence-electron chi connectivity index (χ4n) is 1.98. The summed E-state index contributed by atoms with van der Waals surface area (Å²) < 4.78 is 4.95. The highest BCUT2D eigenvalue weighted by atomic mass is 16.4. The average molecular weight is 250 g/mol. The lowest BCUT2D eigenvalue weighted by atomic mass is 10.2. The van der Waals surface area contributed by atoms with Gasteiger partial charge in [-0.1, -0.05) is 6.07 Å². The van der Waals surface area contributed by atoms with Gasteiger partial charge in [-0.05, 0) is 44.1 Å². The van der Waals surface area contributed by atoms with E-state index in [9.17, 15) is 4.79 Å². The molecule has 0 aliphatic heterocycles. The highest BCUT2D eigenvalue weighted by molar-refractivity contribution is 5.72. The molecule has 0 unspecified atom stereocenters. The van der Waals surface area contributed by atoms with Crippen LogP contribution in [0.1, 0.15) is 18.4 Å². The lowest BCUT2D eigenvalue weighted by Gasteiger charge is -2.16. The molecule has 18 heavy (non-hydrogen) atoms. The Morgan fingerprint density at radius 2 is 2.22 bits per heavy atom. The van der Waals surface area contributed by atoms with Crippen LogP contribution in [0.3, 0.4) is 0 Å². The lowest BCUT2D eigenvalue weighted by Crippen LogP contribution is -2.19. The van der Waals surface area contributed by atoms with Crippen molar-refractivity contribution in [3.8, 4) is 0 Å². The van der Waals surface area contributed by atoms with Crippen LogP contribution in [0.2, 0.25) is 0 Å². The zero-order valence-electron chi connectivity index (χ0n) is 10.5. The normalized spacial score (nSPS) is 11.5. The van der Waals surface area contributed by atoms with E-state index in [0.717, 1.165) is 37.0 Å². The smallest absolute Gasteiger partial charge is 0.408 e. The Morgan fingerprint density at radius 1 is 1.39 bits per heavy atom. The zero-order chi connectivity index (χ0) is 13.0. The molecule has 2 rings (SSSR count). The molecule has 0 aliphatic rings. The van der Waals surface area contributed by atoms with Gasteiger partial charge in [-0.2, -0.15) is 0 Å². The average Bonchev–Trinajstić information content (AvgIpc) is 2.69. The van der Waals surface area contributed by atoms with Gasteiger partial charge < -0.3 is 14.4 Å². The van der Waals surface area contributed by atoms with E-state index in [4.69, 9.17) is 9.52 Å². The summed E-state index contributed by atoms with van der Waals surface area (Å²) >= 11 is 0. The zero-order valence-corrected chi connectivity index (χ0v) is 10.5. The van der Waals surface area contributed by atoms with E-state index in [1.54, 1.807) is 0 Å². The Morgan fingerprint density at radius 3 is 3.00 bits per heavy atom. The highest BCUT2D eigenvalue weighted by Gasteiger charge is 2.04.